The summed E-state index contributed by atoms with van der Waals surface area (Å²) in [5.74, 6) is 0.389. The summed E-state index contributed by atoms with van der Waals surface area (Å²) in [5.41, 5.74) is 2.52. The molecule has 0 unspecified atom stereocenters. The Labute approximate surface area is 185 Å². The van der Waals surface area contributed by atoms with Gasteiger partial charge in [0, 0.05) is 30.9 Å². The van der Waals surface area contributed by atoms with E-state index in [0.29, 0.717) is 42.9 Å². The van der Waals surface area contributed by atoms with Gasteiger partial charge in [0.2, 0.25) is 0 Å². The molecule has 4 rings (SSSR count). The van der Waals surface area contributed by atoms with Crippen LogP contribution in [0.3, 0.4) is 0 Å². The van der Waals surface area contributed by atoms with Crippen molar-refractivity contribution in [2.75, 3.05) is 26.7 Å². The van der Waals surface area contributed by atoms with Crippen LogP contribution in [0.5, 0.6) is 5.75 Å². The van der Waals surface area contributed by atoms with Crippen LogP contribution in [0.25, 0.3) is 16.9 Å². The first-order valence-corrected chi connectivity index (χ1v) is 10.6. The number of aromatic nitrogens is 2. The lowest BCUT2D eigenvalue weighted by atomic mass is 10.0. The molecule has 1 saturated heterocycles. The summed E-state index contributed by atoms with van der Waals surface area (Å²) in [6.45, 7) is 0.859. The van der Waals surface area contributed by atoms with E-state index in [9.17, 15) is 13.6 Å². The molecule has 0 atom stereocenters. The molecule has 2 heterocycles. The van der Waals surface area contributed by atoms with E-state index in [1.54, 1.807) is 22.9 Å². The first-order valence-electron chi connectivity index (χ1n) is 10.6. The number of carbonyl (C=O) groups excluding carboxylic acids is 1. The minimum absolute atomic E-state index is 0.0676. The Morgan fingerprint density at radius 2 is 1.81 bits per heavy atom. The molecule has 8 heteroatoms. The van der Waals surface area contributed by atoms with Gasteiger partial charge in [-0.25, -0.2) is 13.5 Å². The zero-order chi connectivity index (χ0) is 22.5. The van der Waals surface area contributed by atoms with Crippen LogP contribution in [0.4, 0.5) is 8.78 Å². The van der Waals surface area contributed by atoms with Crippen LogP contribution in [-0.4, -0.2) is 59.8 Å². The number of rotatable bonds is 7. The zero-order valence-electron chi connectivity index (χ0n) is 17.9. The smallest absolute Gasteiger partial charge is 0.255 e. The summed E-state index contributed by atoms with van der Waals surface area (Å²) < 4.78 is 32.4. The molecule has 168 valence electrons. The summed E-state index contributed by atoms with van der Waals surface area (Å²) in [5, 5.41) is 7.78. The Morgan fingerprint density at radius 1 is 1.12 bits per heavy atom. The molecule has 0 radical (unpaired) electrons. The highest BCUT2D eigenvalue weighted by molar-refractivity contribution is 6.00. The zero-order valence-corrected chi connectivity index (χ0v) is 17.9. The Morgan fingerprint density at radius 3 is 2.50 bits per heavy atom. The number of ether oxygens (including phenoxy) is 1. The molecule has 1 N–H and O–H groups in total. The van der Waals surface area contributed by atoms with Crippen molar-refractivity contribution in [1.82, 2.24) is 20.0 Å². The Balaban J connectivity index is 1.59. The number of nitrogens with zero attached hydrogens (tertiary/aromatic N) is 3. The number of benzene rings is 2. The topological polar surface area (TPSA) is 59.4 Å². The lowest BCUT2D eigenvalue weighted by Crippen LogP contribution is -2.45. The third-order valence-electron chi connectivity index (χ3n) is 5.66. The highest BCUT2D eigenvalue weighted by atomic mass is 19.3. The van der Waals surface area contributed by atoms with Gasteiger partial charge in [-0.2, -0.15) is 5.10 Å². The quantitative estimate of drug-likeness (QED) is 0.603. The third-order valence-corrected chi connectivity index (χ3v) is 5.66. The monoisotopic (exact) mass is 440 g/mol. The van der Waals surface area contributed by atoms with E-state index < -0.39 is 6.43 Å². The van der Waals surface area contributed by atoms with E-state index in [4.69, 9.17) is 9.84 Å². The lowest BCUT2D eigenvalue weighted by Gasteiger charge is -2.32. The molecule has 1 amide bonds. The first-order chi connectivity index (χ1) is 15.5. The number of hydrogen-bond acceptors (Lipinski definition) is 4. The van der Waals surface area contributed by atoms with E-state index in [1.807, 2.05) is 54.6 Å². The van der Waals surface area contributed by atoms with Gasteiger partial charge in [0.1, 0.15) is 11.4 Å². The number of nitrogens with one attached hydrogen (secondary N) is 1. The van der Waals surface area contributed by atoms with E-state index in [-0.39, 0.29) is 18.5 Å². The van der Waals surface area contributed by atoms with Gasteiger partial charge >= 0.3 is 0 Å². The lowest BCUT2D eigenvalue weighted by molar-refractivity contribution is 0.0696. The molecule has 0 aliphatic carbocycles. The molecule has 1 aliphatic rings. The molecule has 0 bridgehead atoms. The standard InChI is InChI=1S/C24H26F2N4O2/c1-32-21-10-6-5-9-19(21)23-20(15-30(28-23)18-7-3-2-4-8-18)24(31)27-17-11-13-29(14-12-17)16-22(25)26/h2-10,15,17,22H,11-14,16H2,1H3,(H,27,31). The van der Waals surface area contributed by atoms with Crippen molar-refractivity contribution in [2.45, 2.75) is 25.3 Å². The van der Waals surface area contributed by atoms with Crippen LogP contribution in [0.15, 0.2) is 60.8 Å². The number of carbonyl (C=O) groups is 1. The molecular formula is C24H26F2N4O2. The summed E-state index contributed by atoms with van der Waals surface area (Å²) in [4.78, 5) is 15.0. The first kappa shape index (κ1) is 22.0. The average Bonchev–Trinajstić information content (AvgIpc) is 3.26. The largest absolute Gasteiger partial charge is 0.496 e. The highest BCUT2D eigenvalue weighted by Crippen LogP contribution is 2.32. The minimum atomic E-state index is -2.34. The van der Waals surface area contributed by atoms with Crippen molar-refractivity contribution < 1.29 is 18.3 Å². The summed E-state index contributed by atoms with van der Waals surface area (Å²) in [6.07, 6.45) is 0.650. The molecule has 3 aromatic rings. The second-order valence-corrected chi connectivity index (χ2v) is 7.81. The molecule has 2 aromatic carbocycles. The van der Waals surface area contributed by atoms with Crippen molar-refractivity contribution in [3.8, 4) is 22.7 Å². The normalized spacial score (nSPS) is 15.1. The van der Waals surface area contributed by atoms with Gasteiger partial charge in [0.05, 0.1) is 24.9 Å². The van der Waals surface area contributed by atoms with Gasteiger partial charge in [0.15, 0.2) is 0 Å². The van der Waals surface area contributed by atoms with Gasteiger partial charge in [-0.05, 0) is 37.1 Å². The Hall–Kier alpha value is -3.26. The molecular weight excluding hydrogens is 414 g/mol. The number of amides is 1. The van der Waals surface area contributed by atoms with Crippen molar-refractivity contribution in [3.63, 3.8) is 0 Å². The fraction of sp³-hybridized carbons (Fsp3) is 0.333. The van der Waals surface area contributed by atoms with Gasteiger partial charge < -0.3 is 10.1 Å². The third kappa shape index (κ3) is 4.96. The number of likely N-dealkylation sites (tertiary alicyclic amines) is 1. The van der Waals surface area contributed by atoms with E-state index >= 15 is 0 Å². The number of hydrogen-bond donors (Lipinski definition) is 1. The van der Waals surface area contributed by atoms with E-state index in [0.717, 1.165) is 11.3 Å². The van der Waals surface area contributed by atoms with Crippen LogP contribution >= 0.6 is 0 Å². The molecule has 1 aromatic heterocycles. The Kier molecular flexibility index (Phi) is 6.80. The fourth-order valence-electron chi connectivity index (χ4n) is 4.01. The molecule has 1 fully saturated rings. The van der Waals surface area contributed by atoms with Crippen molar-refractivity contribution in [3.05, 3.63) is 66.4 Å². The predicted molar refractivity (Wildman–Crippen MR) is 118 cm³/mol. The average molecular weight is 440 g/mol. The number of piperidine rings is 1. The van der Waals surface area contributed by atoms with Gasteiger partial charge in [-0.1, -0.05) is 30.3 Å². The van der Waals surface area contributed by atoms with Crippen molar-refractivity contribution in [2.24, 2.45) is 0 Å². The minimum Gasteiger partial charge on any atom is -0.496 e. The molecule has 1 aliphatic heterocycles. The second kappa shape index (κ2) is 9.91. The van der Waals surface area contributed by atoms with Gasteiger partial charge in [-0.3, -0.25) is 9.69 Å². The van der Waals surface area contributed by atoms with Gasteiger partial charge in [0.25, 0.3) is 12.3 Å². The summed E-state index contributed by atoms with van der Waals surface area (Å²) >= 11 is 0. The number of halogens is 2. The van der Waals surface area contributed by atoms with E-state index in [1.165, 1.54) is 0 Å². The number of para-hydroxylation sites is 2. The highest BCUT2D eigenvalue weighted by Gasteiger charge is 2.26. The second-order valence-electron chi connectivity index (χ2n) is 7.81. The van der Waals surface area contributed by atoms with Gasteiger partial charge in [-0.15, -0.1) is 0 Å². The van der Waals surface area contributed by atoms with Crippen LogP contribution in [0.2, 0.25) is 0 Å². The predicted octanol–water partition coefficient (Wildman–Crippen LogP) is 4.01. The molecule has 6 nitrogen and oxygen atoms in total. The van der Waals surface area contributed by atoms with Crippen LogP contribution < -0.4 is 10.1 Å². The summed E-state index contributed by atoms with van der Waals surface area (Å²) in [6, 6.07) is 16.9. The number of alkyl halides is 2. The molecule has 32 heavy (non-hydrogen) atoms. The van der Waals surface area contributed by atoms with Crippen LogP contribution in [-0.2, 0) is 0 Å². The fourth-order valence-corrected chi connectivity index (χ4v) is 4.01. The number of methoxy groups -OCH3 is 1. The van der Waals surface area contributed by atoms with Crippen molar-refractivity contribution in [1.29, 1.82) is 0 Å². The molecule has 0 spiro atoms. The Bertz CT molecular complexity index is 1050. The maximum Gasteiger partial charge on any atom is 0.255 e. The molecule has 0 saturated carbocycles. The van der Waals surface area contributed by atoms with Crippen LogP contribution in [0.1, 0.15) is 23.2 Å². The van der Waals surface area contributed by atoms with Crippen molar-refractivity contribution >= 4 is 5.91 Å². The van der Waals surface area contributed by atoms with E-state index in [2.05, 4.69) is 5.32 Å². The maximum absolute atomic E-state index is 13.3. The maximum atomic E-state index is 13.3. The summed E-state index contributed by atoms with van der Waals surface area (Å²) in [7, 11) is 1.58. The SMILES string of the molecule is COc1ccccc1-c1nn(-c2ccccc2)cc1C(=O)NC1CCN(CC(F)F)CC1. The van der Waals surface area contributed by atoms with Crippen LogP contribution in [0, 0.1) is 0 Å².